The van der Waals surface area contributed by atoms with Crippen LogP contribution in [-0.4, -0.2) is 32.8 Å². The van der Waals surface area contributed by atoms with Gasteiger partial charge in [0.15, 0.2) is 0 Å². The van der Waals surface area contributed by atoms with Gasteiger partial charge in [-0.1, -0.05) is 0 Å². The lowest BCUT2D eigenvalue weighted by atomic mass is 10.2. The molecule has 1 atom stereocenters. The van der Waals surface area contributed by atoms with Gasteiger partial charge in [0.1, 0.15) is 0 Å². The van der Waals surface area contributed by atoms with Crippen LogP contribution in [0.5, 0.6) is 0 Å². The highest BCUT2D eigenvalue weighted by molar-refractivity contribution is 7.92. The van der Waals surface area contributed by atoms with E-state index in [-0.39, 0.29) is 11.9 Å². The lowest BCUT2D eigenvalue weighted by molar-refractivity contribution is 0.100. The highest BCUT2D eigenvalue weighted by atomic mass is 32.2. The molecule has 1 heterocycles. The van der Waals surface area contributed by atoms with Crippen LogP contribution in [0, 0.1) is 0 Å². The number of hydrogen-bond donors (Lipinski definition) is 2. The molecule has 1 amide bonds. The van der Waals surface area contributed by atoms with Crippen molar-refractivity contribution in [1.82, 2.24) is 0 Å². The molecule has 7 heteroatoms. The number of benzene rings is 1. The Balaban J connectivity index is 2.00. The smallest absolute Gasteiger partial charge is 0.248 e. The number of rotatable bonds is 5. The highest BCUT2D eigenvalue weighted by Crippen LogP contribution is 2.16. The topological polar surface area (TPSA) is 98.5 Å². The molecule has 0 bridgehead atoms. The van der Waals surface area contributed by atoms with Crippen molar-refractivity contribution in [3.63, 3.8) is 0 Å². The summed E-state index contributed by atoms with van der Waals surface area (Å²) < 4.78 is 31.5. The van der Waals surface area contributed by atoms with Gasteiger partial charge in [0.2, 0.25) is 15.9 Å². The van der Waals surface area contributed by atoms with E-state index in [0.29, 0.717) is 17.9 Å². The molecule has 0 radical (unpaired) electrons. The third kappa shape index (κ3) is 3.93. The van der Waals surface area contributed by atoms with Gasteiger partial charge in [0, 0.05) is 17.9 Å². The molecule has 104 valence electrons. The van der Waals surface area contributed by atoms with E-state index in [9.17, 15) is 13.2 Å². The maximum absolute atomic E-state index is 11.9. The second kappa shape index (κ2) is 5.58. The highest BCUT2D eigenvalue weighted by Gasteiger charge is 2.23. The van der Waals surface area contributed by atoms with Gasteiger partial charge in [0.25, 0.3) is 0 Å². The molecular formula is C12H16N2O4S. The van der Waals surface area contributed by atoms with Crippen molar-refractivity contribution in [3.05, 3.63) is 29.8 Å². The number of primary amides is 1. The molecule has 1 aromatic rings. The SMILES string of the molecule is NC(=O)c1ccc(NS(=O)(=O)CC2CCCO2)cc1. The first-order valence-electron chi connectivity index (χ1n) is 5.98. The fourth-order valence-corrected chi connectivity index (χ4v) is 3.28. The molecule has 1 aromatic carbocycles. The van der Waals surface area contributed by atoms with Crippen LogP contribution in [0.4, 0.5) is 5.69 Å². The Morgan fingerprint density at radius 3 is 2.58 bits per heavy atom. The zero-order chi connectivity index (χ0) is 13.9. The average molecular weight is 284 g/mol. The predicted octanol–water partition coefficient (Wildman–Crippen LogP) is 0.706. The summed E-state index contributed by atoms with van der Waals surface area (Å²) in [5, 5.41) is 0. The molecule has 3 N–H and O–H groups in total. The minimum absolute atomic E-state index is 0.0510. The normalized spacial score (nSPS) is 19.3. The van der Waals surface area contributed by atoms with Crippen LogP contribution < -0.4 is 10.5 Å². The minimum atomic E-state index is -3.44. The Hall–Kier alpha value is -1.60. The Labute approximate surface area is 112 Å². The number of hydrogen-bond acceptors (Lipinski definition) is 4. The van der Waals surface area contributed by atoms with Gasteiger partial charge in [-0.15, -0.1) is 0 Å². The largest absolute Gasteiger partial charge is 0.377 e. The fraction of sp³-hybridized carbons (Fsp3) is 0.417. The van der Waals surface area contributed by atoms with Gasteiger partial charge in [-0.25, -0.2) is 8.42 Å². The van der Waals surface area contributed by atoms with Crippen LogP contribution in [0.1, 0.15) is 23.2 Å². The van der Waals surface area contributed by atoms with E-state index in [1.807, 2.05) is 0 Å². The second-order valence-corrected chi connectivity index (χ2v) is 6.23. The zero-order valence-electron chi connectivity index (χ0n) is 10.3. The van der Waals surface area contributed by atoms with Crippen molar-refractivity contribution in [3.8, 4) is 0 Å². The number of nitrogens with two attached hydrogens (primary N) is 1. The van der Waals surface area contributed by atoms with E-state index >= 15 is 0 Å². The molecule has 1 saturated heterocycles. The van der Waals surface area contributed by atoms with E-state index in [1.54, 1.807) is 0 Å². The van der Waals surface area contributed by atoms with E-state index in [1.165, 1.54) is 24.3 Å². The number of carbonyl (C=O) groups excluding carboxylic acids is 1. The molecule has 1 fully saturated rings. The van der Waals surface area contributed by atoms with Gasteiger partial charge >= 0.3 is 0 Å². The predicted molar refractivity (Wildman–Crippen MR) is 71.3 cm³/mol. The van der Waals surface area contributed by atoms with Gasteiger partial charge in [-0.05, 0) is 37.1 Å². The molecule has 1 unspecified atom stereocenters. The number of ether oxygens (including phenoxy) is 1. The Kier molecular flexibility index (Phi) is 4.06. The molecule has 6 nitrogen and oxygen atoms in total. The molecule has 0 aromatic heterocycles. The molecule has 0 saturated carbocycles. The van der Waals surface area contributed by atoms with Gasteiger partial charge in [-0.2, -0.15) is 0 Å². The number of anilines is 1. The minimum Gasteiger partial charge on any atom is -0.377 e. The van der Waals surface area contributed by atoms with Gasteiger partial charge in [-0.3, -0.25) is 9.52 Å². The second-order valence-electron chi connectivity index (χ2n) is 4.46. The number of amides is 1. The van der Waals surface area contributed by atoms with Crippen molar-refractivity contribution in [2.45, 2.75) is 18.9 Å². The number of nitrogens with one attached hydrogen (secondary N) is 1. The standard InChI is InChI=1S/C12H16N2O4S/c13-12(15)9-3-5-10(6-4-9)14-19(16,17)8-11-2-1-7-18-11/h3-6,11,14H,1-2,7-8H2,(H2,13,15). The van der Waals surface area contributed by atoms with Crippen LogP contribution in [0.15, 0.2) is 24.3 Å². The molecule has 0 spiro atoms. The summed E-state index contributed by atoms with van der Waals surface area (Å²) >= 11 is 0. The third-order valence-electron chi connectivity index (χ3n) is 2.87. The number of carbonyl (C=O) groups is 1. The summed E-state index contributed by atoms with van der Waals surface area (Å²) in [6.45, 7) is 0.619. The lowest BCUT2D eigenvalue weighted by Gasteiger charge is -2.12. The van der Waals surface area contributed by atoms with E-state index < -0.39 is 15.9 Å². The zero-order valence-corrected chi connectivity index (χ0v) is 11.2. The summed E-state index contributed by atoms with van der Waals surface area (Å²) in [4.78, 5) is 10.9. The summed E-state index contributed by atoms with van der Waals surface area (Å²) in [5.74, 6) is -0.598. The van der Waals surface area contributed by atoms with Crippen molar-refractivity contribution in [2.24, 2.45) is 5.73 Å². The van der Waals surface area contributed by atoms with Crippen molar-refractivity contribution < 1.29 is 17.9 Å². The summed E-state index contributed by atoms with van der Waals surface area (Å²) in [5.41, 5.74) is 5.85. The van der Waals surface area contributed by atoms with Gasteiger partial charge in [0.05, 0.1) is 11.9 Å². The molecule has 2 rings (SSSR count). The fourth-order valence-electron chi connectivity index (χ4n) is 1.94. The first kappa shape index (κ1) is 13.8. The van der Waals surface area contributed by atoms with Crippen LogP contribution in [0.2, 0.25) is 0 Å². The van der Waals surface area contributed by atoms with Gasteiger partial charge < -0.3 is 10.5 Å². The Morgan fingerprint density at radius 1 is 1.37 bits per heavy atom. The first-order chi connectivity index (χ1) is 8.96. The molecule has 19 heavy (non-hydrogen) atoms. The maximum Gasteiger partial charge on any atom is 0.248 e. The average Bonchev–Trinajstić information content (AvgIpc) is 2.81. The summed E-state index contributed by atoms with van der Waals surface area (Å²) in [6, 6.07) is 5.97. The van der Waals surface area contributed by atoms with Crippen LogP contribution in [-0.2, 0) is 14.8 Å². The first-order valence-corrected chi connectivity index (χ1v) is 7.63. The van der Waals surface area contributed by atoms with Crippen LogP contribution in [0.3, 0.4) is 0 Å². The van der Waals surface area contributed by atoms with E-state index in [2.05, 4.69) is 4.72 Å². The molecule has 1 aliphatic rings. The van der Waals surface area contributed by atoms with E-state index in [0.717, 1.165) is 12.8 Å². The Morgan fingerprint density at radius 2 is 2.05 bits per heavy atom. The van der Waals surface area contributed by atoms with E-state index in [4.69, 9.17) is 10.5 Å². The van der Waals surface area contributed by atoms with Crippen molar-refractivity contribution in [1.29, 1.82) is 0 Å². The van der Waals surface area contributed by atoms with Crippen LogP contribution >= 0.6 is 0 Å². The number of sulfonamides is 1. The van der Waals surface area contributed by atoms with Crippen molar-refractivity contribution >= 4 is 21.6 Å². The lowest BCUT2D eigenvalue weighted by Crippen LogP contribution is -2.25. The summed E-state index contributed by atoms with van der Waals surface area (Å²) in [6.07, 6.45) is 1.43. The summed E-state index contributed by atoms with van der Waals surface area (Å²) in [7, 11) is -3.44. The quantitative estimate of drug-likeness (QED) is 0.831. The molecule has 1 aliphatic heterocycles. The molecular weight excluding hydrogens is 268 g/mol. The van der Waals surface area contributed by atoms with Crippen LogP contribution in [0.25, 0.3) is 0 Å². The maximum atomic E-state index is 11.9. The molecule has 0 aliphatic carbocycles. The third-order valence-corrected chi connectivity index (χ3v) is 4.23. The Bertz CT molecular complexity index is 548. The monoisotopic (exact) mass is 284 g/mol. The van der Waals surface area contributed by atoms with Crippen molar-refractivity contribution in [2.75, 3.05) is 17.1 Å².